The van der Waals surface area contributed by atoms with E-state index in [1.807, 2.05) is 24.3 Å². The van der Waals surface area contributed by atoms with Gasteiger partial charge in [-0.2, -0.15) is 0 Å². The van der Waals surface area contributed by atoms with Crippen LogP contribution in [-0.4, -0.2) is 24.9 Å². The van der Waals surface area contributed by atoms with Gasteiger partial charge in [0.25, 0.3) is 5.91 Å². The van der Waals surface area contributed by atoms with Gasteiger partial charge in [0.15, 0.2) is 0 Å². The number of nitrogens with zero attached hydrogens (tertiary/aromatic N) is 1. The zero-order chi connectivity index (χ0) is 13.8. The molecule has 0 saturated carbocycles. The van der Waals surface area contributed by atoms with Crippen LogP contribution in [0.4, 0.5) is 5.69 Å². The fourth-order valence-electron chi connectivity index (χ4n) is 1.66. The summed E-state index contributed by atoms with van der Waals surface area (Å²) in [6, 6.07) is 9.65. The second kappa shape index (κ2) is 6.21. The van der Waals surface area contributed by atoms with E-state index in [2.05, 4.69) is 32.7 Å². The molecule has 2 rings (SSSR count). The van der Waals surface area contributed by atoms with Crippen LogP contribution in [0.1, 0.15) is 15.9 Å². The van der Waals surface area contributed by atoms with Crippen LogP contribution in [0.2, 0.25) is 0 Å². The Hall–Kier alpha value is -1.33. The number of amides is 1. The zero-order valence-electron chi connectivity index (χ0n) is 10.8. The van der Waals surface area contributed by atoms with Gasteiger partial charge >= 0.3 is 0 Å². The average Bonchev–Trinajstić information content (AvgIpc) is 2.81. The van der Waals surface area contributed by atoms with E-state index in [0.717, 1.165) is 16.0 Å². The lowest BCUT2D eigenvalue weighted by molar-refractivity contribution is 0.0827. The molecule has 5 heteroatoms. The molecule has 19 heavy (non-hydrogen) atoms. The Morgan fingerprint density at radius 2 is 2.16 bits per heavy atom. The molecule has 0 aliphatic rings. The Kier molecular flexibility index (Phi) is 4.61. The van der Waals surface area contributed by atoms with Crippen molar-refractivity contribution in [2.45, 2.75) is 6.54 Å². The van der Waals surface area contributed by atoms with Crippen LogP contribution in [0.15, 0.2) is 39.5 Å². The molecule has 3 nitrogen and oxygen atoms in total. The molecule has 0 aliphatic carbocycles. The number of rotatable bonds is 4. The van der Waals surface area contributed by atoms with E-state index in [1.165, 1.54) is 5.56 Å². The number of anilines is 1. The van der Waals surface area contributed by atoms with Crippen molar-refractivity contribution in [1.29, 1.82) is 0 Å². The highest BCUT2D eigenvalue weighted by atomic mass is 79.9. The summed E-state index contributed by atoms with van der Waals surface area (Å²) in [7, 11) is 3.51. The number of thiophene rings is 1. The molecule has 0 radical (unpaired) electrons. The highest BCUT2D eigenvalue weighted by Crippen LogP contribution is 2.21. The summed E-state index contributed by atoms with van der Waals surface area (Å²) in [4.78, 5) is 13.4. The van der Waals surface area contributed by atoms with Gasteiger partial charge in [0.05, 0.1) is 3.79 Å². The molecule has 2 aromatic rings. The largest absolute Gasteiger partial charge is 0.381 e. The van der Waals surface area contributed by atoms with Crippen LogP contribution >= 0.6 is 27.3 Å². The molecule has 1 amide bonds. The Bertz CT molecular complexity index is 580. The van der Waals surface area contributed by atoms with Gasteiger partial charge < -0.3 is 10.2 Å². The lowest BCUT2D eigenvalue weighted by Crippen LogP contribution is -2.21. The second-order valence-corrected chi connectivity index (χ2v) is 6.68. The monoisotopic (exact) mass is 338 g/mol. The molecule has 0 unspecified atom stereocenters. The number of carbonyl (C=O) groups is 1. The standard InChI is InChI=1S/C14H15BrN2OS/c1-17(2)14(18)11-4-3-5-12(7-11)16-8-10-6-13(15)19-9-10/h3-7,9,16H,8H2,1-2H3. The van der Waals surface area contributed by atoms with Crippen molar-refractivity contribution < 1.29 is 4.79 Å². The molecule has 0 aliphatic heterocycles. The smallest absolute Gasteiger partial charge is 0.253 e. The summed E-state index contributed by atoms with van der Waals surface area (Å²) >= 11 is 5.11. The van der Waals surface area contributed by atoms with Gasteiger partial charge in [0, 0.05) is 31.9 Å². The molecule has 0 atom stereocenters. The molecular weight excluding hydrogens is 324 g/mol. The Balaban J connectivity index is 2.05. The van der Waals surface area contributed by atoms with Crippen molar-refractivity contribution in [1.82, 2.24) is 4.90 Å². The Morgan fingerprint density at radius 3 is 2.79 bits per heavy atom. The first-order valence-electron chi connectivity index (χ1n) is 5.85. The van der Waals surface area contributed by atoms with Gasteiger partial charge in [-0.15, -0.1) is 11.3 Å². The zero-order valence-corrected chi connectivity index (χ0v) is 13.2. The van der Waals surface area contributed by atoms with E-state index < -0.39 is 0 Å². The molecular formula is C14H15BrN2OS. The molecule has 1 heterocycles. The van der Waals surface area contributed by atoms with Crippen LogP contribution in [0.25, 0.3) is 0 Å². The Morgan fingerprint density at radius 1 is 1.37 bits per heavy atom. The first-order chi connectivity index (χ1) is 9.06. The first kappa shape index (κ1) is 14.1. The maximum atomic E-state index is 11.9. The topological polar surface area (TPSA) is 32.3 Å². The molecule has 1 aromatic heterocycles. The van der Waals surface area contributed by atoms with E-state index in [4.69, 9.17) is 0 Å². The summed E-state index contributed by atoms with van der Waals surface area (Å²) in [5.74, 6) is 0.0157. The van der Waals surface area contributed by atoms with E-state index in [1.54, 1.807) is 30.3 Å². The molecule has 0 bridgehead atoms. The quantitative estimate of drug-likeness (QED) is 0.918. The van der Waals surface area contributed by atoms with Gasteiger partial charge in [-0.05, 0) is 51.1 Å². The van der Waals surface area contributed by atoms with Crippen LogP contribution in [0.3, 0.4) is 0 Å². The summed E-state index contributed by atoms with van der Waals surface area (Å²) in [5.41, 5.74) is 2.87. The fourth-order valence-corrected chi connectivity index (χ4v) is 2.87. The minimum atomic E-state index is 0.0157. The molecule has 0 spiro atoms. The van der Waals surface area contributed by atoms with E-state index in [-0.39, 0.29) is 5.91 Å². The van der Waals surface area contributed by atoms with E-state index in [0.29, 0.717) is 5.56 Å². The lowest BCUT2D eigenvalue weighted by Gasteiger charge is -2.12. The van der Waals surface area contributed by atoms with Crippen LogP contribution in [-0.2, 0) is 6.54 Å². The molecule has 0 saturated heterocycles. The normalized spacial score (nSPS) is 10.3. The SMILES string of the molecule is CN(C)C(=O)c1cccc(NCc2csc(Br)c2)c1. The van der Waals surface area contributed by atoms with Gasteiger partial charge in [0.2, 0.25) is 0 Å². The number of hydrogen-bond acceptors (Lipinski definition) is 3. The lowest BCUT2D eigenvalue weighted by atomic mass is 10.2. The summed E-state index contributed by atoms with van der Waals surface area (Å²) in [6.07, 6.45) is 0. The minimum Gasteiger partial charge on any atom is -0.381 e. The van der Waals surface area contributed by atoms with Crippen molar-refractivity contribution in [3.63, 3.8) is 0 Å². The van der Waals surface area contributed by atoms with Gasteiger partial charge in [-0.3, -0.25) is 4.79 Å². The van der Waals surface area contributed by atoms with Gasteiger partial charge in [-0.1, -0.05) is 6.07 Å². The molecule has 0 fully saturated rings. The number of hydrogen-bond donors (Lipinski definition) is 1. The fraction of sp³-hybridized carbons (Fsp3) is 0.214. The summed E-state index contributed by atoms with van der Waals surface area (Å²) in [6.45, 7) is 0.752. The number of carbonyl (C=O) groups excluding carboxylic acids is 1. The summed E-state index contributed by atoms with van der Waals surface area (Å²) < 4.78 is 1.13. The minimum absolute atomic E-state index is 0.0157. The maximum absolute atomic E-state index is 11.9. The van der Waals surface area contributed by atoms with E-state index >= 15 is 0 Å². The first-order valence-corrected chi connectivity index (χ1v) is 7.52. The maximum Gasteiger partial charge on any atom is 0.253 e. The summed E-state index contributed by atoms with van der Waals surface area (Å²) in [5, 5.41) is 5.43. The third-order valence-corrected chi connectivity index (χ3v) is 4.19. The average molecular weight is 339 g/mol. The van der Waals surface area contributed by atoms with Crippen LogP contribution in [0.5, 0.6) is 0 Å². The Labute approximate surface area is 125 Å². The predicted molar refractivity (Wildman–Crippen MR) is 83.8 cm³/mol. The van der Waals surface area contributed by atoms with Crippen molar-refractivity contribution in [2.75, 3.05) is 19.4 Å². The number of benzene rings is 1. The van der Waals surface area contributed by atoms with Crippen molar-refractivity contribution in [3.8, 4) is 0 Å². The molecule has 1 N–H and O–H groups in total. The molecule has 1 aromatic carbocycles. The van der Waals surface area contributed by atoms with Crippen molar-refractivity contribution in [3.05, 3.63) is 50.6 Å². The number of nitrogens with one attached hydrogen (secondary N) is 1. The van der Waals surface area contributed by atoms with Gasteiger partial charge in [-0.25, -0.2) is 0 Å². The van der Waals surface area contributed by atoms with Crippen LogP contribution < -0.4 is 5.32 Å². The second-order valence-electron chi connectivity index (χ2n) is 4.39. The highest BCUT2D eigenvalue weighted by molar-refractivity contribution is 9.11. The molecule has 100 valence electrons. The van der Waals surface area contributed by atoms with Crippen molar-refractivity contribution in [2.24, 2.45) is 0 Å². The third-order valence-electron chi connectivity index (χ3n) is 2.63. The van der Waals surface area contributed by atoms with E-state index in [9.17, 15) is 4.79 Å². The van der Waals surface area contributed by atoms with Crippen LogP contribution in [0, 0.1) is 0 Å². The highest BCUT2D eigenvalue weighted by Gasteiger charge is 2.08. The van der Waals surface area contributed by atoms with Gasteiger partial charge in [0.1, 0.15) is 0 Å². The van der Waals surface area contributed by atoms with Crippen molar-refractivity contribution >= 4 is 38.9 Å². The number of halogens is 1. The predicted octanol–water partition coefficient (Wildman–Crippen LogP) is 3.82. The third kappa shape index (κ3) is 3.81.